The number of rotatable bonds is 1. The number of morpholine rings is 1. The van der Waals surface area contributed by atoms with Crippen molar-refractivity contribution in [2.75, 3.05) is 32.9 Å². The Hall–Kier alpha value is -1.30. The Kier molecular flexibility index (Phi) is 4.18. The van der Waals surface area contributed by atoms with Gasteiger partial charge in [-0.15, -0.1) is 0 Å². The molecule has 0 bridgehead atoms. The summed E-state index contributed by atoms with van der Waals surface area (Å²) in [4.78, 5) is 23.7. The van der Waals surface area contributed by atoms with Crippen LogP contribution in [-0.4, -0.2) is 49.9 Å². The number of ether oxygens (including phenoxy) is 2. The van der Waals surface area contributed by atoms with Crippen LogP contribution in [0.1, 0.15) is 6.92 Å². The summed E-state index contributed by atoms with van der Waals surface area (Å²) < 4.78 is 9.64. The third-order valence-electron chi connectivity index (χ3n) is 1.78. The zero-order chi connectivity index (χ0) is 10.4. The van der Waals surface area contributed by atoms with Gasteiger partial charge in [-0.25, -0.2) is 14.9 Å². The minimum absolute atomic E-state index is 0.252. The Morgan fingerprint density at radius 1 is 1.43 bits per heavy atom. The summed E-state index contributed by atoms with van der Waals surface area (Å²) in [7, 11) is 0. The summed E-state index contributed by atoms with van der Waals surface area (Å²) in [5.41, 5.74) is 0. The molecule has 80 valence electrons. The fourth-order valence-electron chi connectivity index (χ4n) is 1.10. The van der Waals surface area contributed by atoms with E-state index >= 15 is 0 Å². The lowest BCUT2D eigenvalue weighted by molar-refractivity contribution is 0.0526. The van der Waals surface area contributed by atoms with Gasteiger partial charge in [-0.05, 0) is 6.92 Å². The molecule has 0 aromatic heterocycles. The number of hydrogen-bond acceptors (Lipinski definition) is 4. The van der Waals surface area contributed by atoms with E-state index in [1.54, 1.807) is 6.92 Å². The van der Waals surface area contributed by atoms with Crippen molar-refractivity contribution in [3.63, 3.8) is 0 Å². The van der Waals surface area contributed by atoms with E-state index in [1.807, 2.05) is 0 Å². The number of imide groups is 1. The highest BCUT2D eigenvalue weighted by molar-refractivity contribution is 5.90. The second-order valence-corrected chi connectivity index (χ2v) is 2.75. The minimum Gasteiger partial charge on any atom is -0.450 e. The maximum atomic E-state index is 11.3. The van der Waals surface area contributed by atoms with Crippen LogP contribution in [0.3, 0.4) is 0 Å². The normalized spacial score (nSPS) is 16.2. The van der Waals surface area contributed by atoms with Crippen LogP contribution in [-0.2, 0) is 9.47 Å². The Morgan fingerprint density at radius 3 is 2.64 bits per heavy atom. The van der Waals surface area contributed by atoms with Crippen LogP contribution >= 0.6 is 0 Å². The highest BCUT2D eigenvalue weighted by Crippen LogP contribution is 1.96. The Morgan fingerprint density at radius 2 is 2.07 bits per heavy atom. The molecule has 1 fully saturated rings. The second-order valence-electron chi connectivity index (χ2n) is 2.75. The van der Waals surface area contributed by atoms with Crippen LogP contribution in [0.15, 0.2) is 0 Å². The number of carbonyl (C=O) groups excluding carboxylic acids is 2. The van der Waals surface area contributed by atoms with E-state index < -0.39 is 12.1 Å². The third-order valence-corrected chi connectivity index (χ3v) is 1.78. The van der Waals surface area contributed by atoms with E-state index in [9.17, 15) is 9.59 Å². The standard InChI is InChI=1S/C8H14N2O4/c1-2-14-8(12)9-7(11)10-3-5-13-6-4-10/h2-6H2,1H3,(H,9,11,12). The number of urea groups is 1. The van der Waals surface area contributed by atoms with E-state index in [2.05, 4.69) is 10.1 Å². The predicted octanol–water partition coefficient (Wildman–Crippen LogP) is 0.185. The second kappa shape index (κ2) is 5.43. The van der Waals surface area contributed by atoms with E-state index in [0.29, 0.717) is 26.3 Å². The van der Waals surface area contributed by atoms with E-state index in [4.69, 9.17) is 4.74 Å². The van der Waals surface area contributed by atoms with Crippen molar-refractivity contribution in [2.24, 2.45) is 0 Å². The SMILES string of the molecule is CCOC(=O)NC(=O)N1CCOCC1. The Balaban J connectivity index is 2.29. The number of hydrogen-bond donors (Lipinski definition) is 1. The molecule has 1 aliphatic heterocycles. The molecule has 0 spiro atoms. The molecular formula is C8H14N2O4. The molecule has 6 heteroatoms. The Bertz CT molecular complexity index is 213. The molecule has 0 aliphatic carbocycles. The Labute approximate surface area is 82.1 Å². The monoisotopic (exact) mass is 202 g/mol. The van der Waals surface area contributed by atoms with Gasteiger partial charge < -0.3 is 14.4 Å². The molecular weight excluding hydrogens is 188 g/mol. The van der Waals surface area contributed by atoms with Crippen molar-refractivity contribution >= 4 is 12.1 Å². The van der Waals surface area contributed by atoms with Crippen molar-refractivity contribution in [1.29, 1.82) is 0 Å². The van der Waals surface area contributed by atoms with Gasteiger partial charge in [-0.2, -0.15) is 0 Å². The number of amides is 3. The summed E-state index contributed by atoms with van der Waals surface area (Å²) in [6.07, 6.45) is -0.705. The first-order valence-corrected chi connectivity index (χ1v) is 4.54. The molecule has 0 aromatic carbocycles. The predicted molar refractivity (Wildman–Crippen MR) is 47.9 cm³/mol. The number of nitrogens with one attached hydrogen (secondary N) is 1. The third kappa shape index (κ3) is 3.21. The lowest BCUT2D eigenvalue weighted by atomic mass is 10.4. The summed E-state index contributed by atoms with van der Waals surface area (Å²) in [6.45, 7) is 3.96. The quantitative estimate of drug-likeness (QED) is 0.658. The van der Waals surface area contributed by atoms with Gasteiger partial charge in [-0.3, -0.25) is 0 Å². The fraction of sp³-hybridized carbons (Fsp3) is 0.750. The average Bonchev–Trinajstić information content (AvgIpc) is 2.19. The van der Waals surface area contributed by atoms with Crippen LogP contribution in [0.5, 0.6) is 0 Å². The van der Waals surface area contributed by atoms with Gasteiger partial charge in [-0.1, -0.05) is 0 Å². The van der Waals surface area contributed by atoms with Gasteiger partial charge in [0.1, 0.15) is 0 Å². The molecule has 1 aliphatic rings. The highest BCUT2D eigenvalue weighted by atomic mass is 16.5. The largest absolute Gasteiger partial charge is 0.450 e. The molecule has 0 radical (unpaired) electrons. The van der Waals surface area contributed by atoms with Gasteiger partial charge in [0.25, 0.3) is 0 Å². The zero-order valence-electron chi connectivity index (χ0n) is 8.12. The summed E-state index contributed by atoms with van der Waals surface area (Å²) >= 11 is 0. The smallest absolute Gasteiger partial charge is 0.415 e. The lowest BCUT2D eigenvalue weighted by Crippen LogP contribution is -2.48. The topological polar surface area (TPSA) is 67.9 Å². The van der Waals surface area contributed by atoms with E-state index in [1.165, 1.54) is 4.90 Å². The molecule has 1 heterocycles. The molecule has 0 unspecified atom stereocenters. The van der Waals surface area contributed by atoms with Crippen molar-refractivity contribution in [3.05, 3.63) is 0 Å². The van der Waals surface area contributed by atoms with Crippen LogP contribution in [0.2, 0.25) is 0 Å². The van der Waals surface area contributed by atoms with Gasteiger partial charge in [0, 0.05) is 13.1 Å². The molecule has 0 aromatic rings. The first-order valence-electron chi connectivity index (χ1n) is 4.54. The van der Waals surface area contributed by atoms with Crippen molar-refractivity contribution < 1.29 is 19.1 Å². The van der Waals surface area contributed by atoms with Gasteiger partial charge >= 0.3 is 12.1 Å². The maximum absolute atomic E-state index is 11.3. The van der Waals surface area contributed by atoms with Crippen LogP contribution < -0.4 is 5.32 Å². The van der Waals surface area contributed by atoms with E-state index in [0.717, 1.165) is 0 Å². The first-order chi connectivity index (χ1) is 6.74. The molecule has 6 nitrogen and oxygen atoms in total. The molecule has 1 saturated heterocycles. The summed E-state index contributed by atoms with van der Waals surface area (Å²) in [5.74, 6) is 0. The van der Waals surface area contributed by atoms with E-state index in [-0.39, 0.29) is 6.61 Å². The molecule has 0 saturated carbocycles. The lowest BCUT2D eigenvalue weighted by Gasteiger charge is -2.26. The maximum Gasteiger partial charge on any atom is 0.415 e. The molecule has 3 amide bonds. The zero-order valence-corrected chi connectivity index (χ0v) is 8.12. The molecule has 0 atom stereocenters. The molecule has 1 N–H and O–H groups in total. The van der Waals surface area contributed by atoms with Crippen molar-refractivity contribution in [1.82, 2.24) is 10.2 Å². The fourth-order valence-corrected chi connectivity index (χ4v) is 1.10. The van der Waals surface area contributed by atoms with Crippen LogP contribution in [0.4, 0.5) is 9.59 Å². The van der Waals surface area contributed by atoms with Gasteiger partial charge in [0.05, 0.1) is 19.8 Å². The van der Waals surface area contributed by atoms with Gasteiger partial charge in [0.2, 0.25) is 0 Å². The summed E-state index contributed by atoms with van der Waals surface area (Å²) in [6, 6.07) is -0.424. The molecule has 14 heavy (non-hydrogen) atoms. The van der Waals surface area contributed by atoms with Crippen LogP contribution in [0.25, 0.3) is 0 Å². The van der Waals surface area contributed by atoms with Gasteiger partial charge in [0.15, 0.2) is 0 Å². The number of alkyl carbamates (subject to hydrolysis) is 1. The summed E-state index contributed by atoms with van der Waals surface area (Å²) in [5, 5.41) is 2.12. The minimum atomic E-state index is -0.705. The van der Waals surface area contributed by atoms with Crippen LogP contribution in [0, 0.1) is 0 Å². The van der Waals surface area contributed by atoms with Crippen molar-refractivity contribution in [3.8, 4) is 0 Å². The first kappa shape index (κ1) is 10.8. The van der Waals surface area contributed by atoms with Crippen molar-refractivity contribution in [2.45, 2.75) is 6.92 Å². The molecule has 1 rings (SSSR count). The highest BCUT2D eigenvalue weighted by Gasteiger charge is 2.18. The number of nitrogens with zero attached hydrogens (tertiary/aromatic N) is 1. The number of carbonyl (C=O) groups is 2. The average molecular weight is 202 g/mol.